The molecule has 1 aromatic heterocycles. The lowest BCUT2D eigenvalue weighted by molar-refractivity contribution is 0.0676. The zero-order valence-corrected chi connectivity index (χ0v) is 12.2. The quantitative estimate of drug-likeness (QED) is 0.882. The molecule has 106 valence electrons. The van der Waals surface area contributed by atoms with Crippen LogP contribution >= 0.6 is 0 Å². The maximum Gasteiger partial charge on any atom is 0.257 e. The molecule has 0 radical (unpaired) electrons. The molecule has 0 saturated carbocycles. The van der Waals surface area contributed by atoms with Gasteiger partial charge in [-0.3, -0.25) is 9.48 Å². The van der Waals surface area contributed by atoms with Crippen LogP contribution < -0.4 is 0 Å². The second kappa shape index (κ2) is 4.96. The maximum atomic E-state index is 12.5. The van der Waals surface area contributed by atoms with Gasteiger partial charge in [0.05, 0.1) is 29.9 Å². The standard InChI is InChI=1S/C14H23N3O2/c1-10-12(8-15-17(10)14(2,3)4)13(19)16-7-5-6-11(16)9-18/h8,11,18H,5-7,9H2,1-4H3. The van der Waals surface area contributed by atoms with Gasteiger partial charge in [0.2, 0.25) is 0 Å². The van der Waals surface area contributed by atoms with Crippen molar-refractivity contribution in [3.8, 4) is 0 Å². The van der Waals surface area contributed by atoms with Gasteiger partial charge >= 0.3 is 0 Å². The van der Waals surface area contributed by atoms with Crippen molar-refractivity contribution in [2.24, 2.45) is 0 Å². The predicted octanol–water partition coefficient (Wildman–Crippen LogP) is 1.54. The highest BCUT2D eigenvalue weighted by molar-refractivity contribution is 5.95. The van der Waals surface area contributed by atoms with Crippen LogP contribution in [0, 0.1) is 6.92 Å². The molecule has 0 spiro atoms. The first kappa shape index (κ1) is 14.1. The molecule has 1 aromatic rings. The third-order valence-electron chi connectivity index (χ3n) is 3.72. The molecule has 0 aromatic carbocycles. The summed E-state index contributed by atoms with van der Waals surface area (Å²) in [4.78, 5) is 14.3. The Morgan fingerprint density at radius 3 is 2.74 bits per heavy atom. The molecule has 19 heavy (non-hydrogen) atoms. The van der Waals surface area contributed by atoms with Crippen LogP contribution in [0.1, 0.15) is 49.7 Å². The Bertz CT molecular complexity index is 474. The van der Waals surface area contributed by atoms with Crippen molar-refractivity contribution >= 4 is 5.91 Å². The molecule has 1 aliphatic rings. The average Bonchev–Trinajstić information content (AvgIpc) is 2.92. The third kappa shape index (κ3) is 2.52. The van der Waals surface area contributed by atoms with Gasteiger partial charge in [-0.15, -0.1) is 0 Å². The first-order chi connectivity index (χ1) is 8.86. The number of aliphatic hydroxyl groups excluding tert-OH is 1. The smallest absolute Gasteiger partial charge is 0.257 e. The molecule has 5 heteroatoms. The van der Waals surface area contributed by atoms with Gasteiger partial charge in [0.15, 0.2) is 0 Å². The van der Waals surface area contributed by atoms with Crippen LogP contribution in [0.25, 0.3) is 0 Å². The molecule has 1 fully saturated rings. The molecule has 1 amide bonds. The Labute approximate surface area is 114 Å². The average molecular weight is 265 g/mol. The normalized spacial score (nSPS) is 20.1. The first-order valence-electron chi connectivity index (χ1n) is 6.83. The van der Waals surface area contributed by atoms with Gasteiger partial charge in [-0.05, 0) is 40.5 Å². The molecule has 0 aliphatic carbocycles. The summed E-state index contributed by atoms with van der Waals surface area (Å²) in [6.07, 6.45) is 3.49. The van der Waals surface area contributed by atoms with Crippen LogP contribution in [0.3, 0.4) is 0 Å². The summed E-state index contributed by atoms with van der Waals surface area (Å²) in [5.41, 5.74) is 1.40. The number of carbonyl (C=O) groups excluding carboxylic acids is 1. The lowest BCUT2D eigenvalue weighted by Gasteiger charge is -2.24. The minimum atomic E-state index is -0.135. The lowest BCUT2D eigenvalue weighted by atomic mass is 10.1. The Morgan fingerprint density at radius 1 is 1.53 bits per heavy atom. The van der Waals surface area contributed by atoms with Crippen LogP contribution in [0.15, 0.2) is 6.20 Å². The van der Waals surface area contributed by atoms with E-state index in [9.17, 15) is 9.90 Å². The Hall–Kier alpha value is -1.36. The van der Waals surface area contributed by atoms with Gasteiger partial charge in [0.25, 0.3) is 5.91 Å². The summed E-state index contributed by atoms with van der Waals surface area (Å²) < 4.78 is 1.88. The number of aliphatic hydroxyl groups is 1. The van der Waals surface area contributed by atoms with Crippen LogP contribution in [-0.2, 0) is 5.54 Å². The van der Waals surface area contributed by atoms with Crippen molar-refractivity contribution < 1.29 is 9.90 Å². The summed E-state index contributed by atoms with van der Waals surface area (Å²) >= 11 is 0. The summed E-state index contributed by atoms with van der Waals surface area (Å²) in [6, 6.07) is -0.0371. The van der Waals surface area contributed by atoms with Gasteiger partial charge < -0.3 is 10.0 Å². The fourth-order valence-electron chi connectivity index (χ4n) is 2.74. The van der Waals surface area contributed by atoms with E-state index in [1.165, 1.54) is 0 Å². The minimum absolute atomic E-state index is 0.00968. The number of hydrogen-bond donors (Lipinski definition) is 1. The largest absolute Gasteiger partial charge is 0.394 e. The number of hydrogen-bond acceptors (Lipinski definition) is 3. The van der Waals surface area contributed by atoms with Gasteiger partial charge in [-0.25, -0.2) is 0 Å². The van der Waals surface area contributed by atoms with Crippen LogP contribution in [0.4, 0.5) is 0 Å². The summed E-state index contributed by atoms with van der Waals surface area (Å²) in [5, 5.41) is 13.7. The third-order valence-corrected chi connectivity index (χ3v) is 3.72. The Morgan fingerprint density at radius 2 is 2.21 bits per heavy atom. The van der Waals surface area contributed by atoms with E-state index in [0.29, 0.717) is 5.56 Å². The van der Waals surface area contributed by atoms with E-state index in [1.807, 2.05) is 11.6 Å². The highest BCUT2D eigenvalue weighted by Crippen LogP contribution is 2.23. The van der Waals surface area contributed by atoms with Gasteiger partial charge in [-0.2, -0.15) is 5.10 Å². The first-order valence-corrected chi connectivity index (χ1v) is 6.83. The molecule has 1 unspecified atom stereocenters. The van der Waals surface area contributed by atoms with E-state index in [4.69, 9.17) is 0 Å². The molecule has 0 bridgehead atoms. The molecule has 5 nitrogen and oxygen atoms in total. The van der Waals surface area contributed by atoms with E-state index in [-0.39, 0.29) is 24.1 Å². The number of carbonyl (C=O) groups is 1. The van der Waals surface area contributed by atoms with Crippen molar-refractivity contribution in [1.82, 2.24) is 14.7 Å². The molecule has 1 N–H and O–H groups in total. The molecule has 1 atom stereocenters. The lowest BCUT2D eigenvalue weighted by Crippen LogP contribution is -2.38. The van der Waals surface area contributed by atoms with E-state index in [2.05, 4.69) is 25.9 Å². The number of amides is 1. The second-order valence-electron chi connectivity index (χ2n) is 6.20. The molecular weight excluding hydrogens is 242 g/mol. The predicted molar refractivity (Wildman–Crippen MR) is 73.1 cm³/mol. The van der Waals surface area contributed by atoms with Gasteiger partial charge in [0.1, 0.15) is 0 Å². The summed E-state index contributed by atoms with van der Waals surface area (Å²) in [7, 11) is 0. The monoisotopic (exact) mass is 265 g/mol. The fourth-order valence-corrected chi connectivity index (χ4v) is 2.74. The van der Waals surface area contributed by atoms with E-state index >= 15 is 0 Å². The van der Waals surface area contributed by atoms with Crippen molar-refractivity contribution in [1.29, 1.82) is 0 Å². The van der Waals surface area contributed by atoms with E-state index in [1.54, 1.807) is 11.1 Å². The number of nitrogens with zero attached hydrogens (tertiary/aromatic N) is 3. The topological polar surface area (TPSA) is 58.4 Å². The Balaban J connectivity index is 2.28. The molecule has 1 saturated heterocycles. The minimum Gasteiger partial charge on any atom is -0.394 e. The molecule has 2 rings (SSSR count). The second-order valence-corrected chi connectivity index (χ2v) is 6.20. The highest BCUT2D eigenvalue weighted by Gasteiger charge is 2.31. The van der Waals surface area contributed by atoms with Crippen LogP contribution in [-0.4, -0.2) is 44.9 Å². The van der Waals surface area contributed by atoms with Crippen molar-refractivity contribution in [3.05, 3.63) is 17.5 Å². The van der Waals surface area contributed by atoms with E-state index in [0.717, 1.165) is 25.1 Å². The highest BCUT2D eigenvalue weighted by atomic mass is 16.3. The van der Waals surface area contributed by atoms with Crippen molar-refractivity contribution in [2.75, 3.05) is 13.2 Å². The van der Waals surface area contributed by atoms with Crippen molar-refractivity contribution in [2.45, 2.75) is 52.1 Å². The van der Waals surface area contributed by atoms with Crippen LogP contribution in [0.2, 0.25) is 0 Å². The molecule has 1 aliphatic heterocycles. The molecular formula is C14H23N3O2. The van der Waals surface area contributed by atoms with Gasteiger partial charge in [-0.1, -0.05) is 0 Å². The SMILES string of the molecule is Cc1c(C(=O)N2CCCC2CO)cnn1C(C)(C)C. The van der Waals surface area contributed by atoms with E-state index < -0.39 is 0 Å². The summed E-state index contributed by atoms with van der Waals surface area (Å²) in [5.74, 6) is -0.00968. The number of likely N-dealkylation sites (tertiary alicyclic amines) is 1. The zero-order chi connectivity index (χ0) is 14.2. The van der Waals surface area contributed by atoms with Gasteiger partial charge in [0, 0.05) is 12.2 Å². The maximum absolute atomic E-state index is 12.5. The number of rotatable bonds is 2. The fraction of sp³-hybridized carbons (Fsp3) is 0.714. The van der Waals surface area contributed by atoms with Crippen LogP contribution in [0.5, 0.6) is 0 Å². The zero-order valence-electron chi connectivity index (χ0n) is 12.2. The number of aromatic nitrogens is 2. The van der Waals surface area contributed by atoms with Crippen molar-refractivity contribution in [3.63, 3.8) is 0 Å². The summed E-state index contributed by atoms with van der Waals surface area (Å²) in [6.45, 7) is 8.88. The Kier molecular flexibility index (Phi) is 3.67. The molecule has 2 heterocycles.